The van der Waals surface area contributed by atoms with Gasteiger partial charge in [-0.3, -0.25) is 9.69 Å². The zero-order chi connectivity index (χ0) is 14.4. The van der Waals surface area contributed by atoms with Crippen LogP contribution in [-0.2, 0) is 9.53 Å². The lowest BCUT2D eigenvalue weighted by molar-refractivity contribution is -0.121. The van der Waals surface area contributed by atoms with Crippen molar-refractivity contribution in [3.8, 4) is 0 Å². The lowest BCUT2D eigenvalue weighted by atomic mass is 10.0. The number of hydrogen-bond acceptors (Lipinski definition) is 3. The number of piperidine rings is 1. The molecule has 1 heterocycles. The van der Waals surface area contributed by atoms with Crippen LogP contribution >= 0.6 is 0 Å². The Morgan fingerprint density at radius 2 is 2.10 bits per heavy atom. The molecular formula is C16H30N2O2. The van der Waals surface area contributed by atoms with Crippen LogP contribution in [0.25, 0.3) is 0 Å². The second kappa shape index (κ2) is 7.99. The number of hydrogen-bond donors (Lipinski definition) is 1. The Morgan fingerprint density at radius 1 is 1.25 bits per heavy atom. The van der Waals surface area contributed by atoms with Crippen LogP contribution in [0.3, 0.4) is 0 Å². The molecule has 20 heavy (non-hydrogen) atoms. The third-order valence-corrected chi connectivity index (χ3v) is 4.76. The molecule has 0 aromatic rings. The molecule has 4 nitrogen and oxygen atoms in total. The first kappa shape index (κ1) is 15.8. The number of ether oxygens (including phenoxy) is 1. The van der Waals surface area contributed by atoms with E-state index in [9.17, 15) is 4.79 Å². The highest BCUT2D eigenvalue weighted by molar-refractivity contribution is 5.75. The molecule has 0 aromatic heterocycles. The molecule has 1 aliphatic carbocycles. The summed E-state index contributed by atoms with van der Waals surface area (Å²) in [7, 11) is 0. The van der Waals surface area contributed by atoms with Gasteiger partial charge in [0.2, 0.25) is 5.91 Å². The molecule has 2 bridgehead atoms. The molecule has 1 N–H and O–H groups in total. The molecule has 0 spiro atoms. The van der Waals surface area contributed by atoms with E-state index < -0.39 is 0 Å². The van der Waals surface area contributed by atoms with Crippen molar-refractivity contribution >= 4 is 5.91 Å². The predicted molar refractivity (Wildman–Crippen MR) is 80.7 cm³/mol. The second-order valence-corrected chi connectivity index (χ2v) is 6.17. The monoisotopic (exact) mass is 282 g/mol. The normalized spacial score (nSPS) is 29.0. The van der Waals surface area contributed by atoms with Gasteiger partial charge in [-0.15, -0.1) is 0 Å². The van der Waals surface area contributed by atoms with Gasteiger partial charge in [-0.25, -0.2) is 0 Å². The van der Waals surface area contributed by atoms with Gasteiger partial charge in [0.1, 0.15) is 0 Å². The number of unbranched alkanes of at least 4 members (excludes halogenated alkanes) is 2. The van der Waals surface area contributed by atoms with Crippen molar-refractivity contribution in [2.75, 3.05) is 26.3 Å². The molecule has 1 saturated heterocycles. The largest absolute Gasteiger partial charge is 0.382 e. The zero-order valence-corrected chi connectivity index (χ0v) is 13.1. The third kappa shape index (κ3) is 4.19. The highest BCUT2D eigenvalue weighted by Gasteiger charge is 2.44. The number of nitrogens with zero attached hydrogens (tertiary/aromatic N) is 1. The fraction of sp³-hybridized carbons (Fsp3) is 0.938. The highest BCUT2D eigenvalue weighted by atomic mass is 16.5. The number of carbonyl (C=O) groups is 1. The maximum absolute atomic E-state index is 11.5. The topological polar surface area (TPSA) is 41.6 Å². The van der Waals surface area contributed by atoms with Crippen molar-refractivity contribution in [1.82, 2.24) is 10.2 Å². The number of nitrogens with one attached hydrogen (secondary N) is 1. The fourth-order valence-electron chi connectivity index (χ4n) is 3.65. The number of fused-ring (bicyclic) bond motifs is 2. The molecule has 3 atom stereocenters. The van der Waals surface area contributed by atoms with Crippen molar-refractivity contribution < 1.29 is 9.53 Å². The van der Waals surface area contributed by atoms with Crippen LogP contribution in [0.2, 0.25) is 0 Å². The Hall–Kier alpha value is -0.610. The Bertz CT molecular complexity index is 309. The average molecular weight is 282 g/mol. The molecule has 1 saturated carbocycles. The molecule has 0 aromatic carbocycles. The first-order valence-corrected chi connectivity index (χ1v) is 8.35. The van der Waals surface area contributed by atoms with Crippen LogP contribution in [0.5, 0.6) is 0 Å². The minimum Gasteiger partial charge on any atom is -0.382 e. The van der Waals surface area contributed by atoms with Crippen LogP contribution in [-0.4, -0.2) is 49.2 Å². The minimum absolute atomic E-state index is 0.213. The molecule has 116 valence electrons. The zero-order valence-electron chi connectivity index (χ0n) is 13.1. The summed E-state index contributed by atoms with van der Waals surface area (Å²) in [5.74, 6) is 0.906. The second-order valence-electron chi connectivity index (χ2n) is 6.17. The van der Waals surface area contributed by atoms with E-state index in [2.05, 4.69) is 17.1 Å². The quantitative estimate of drug-likeness (QED) is 0.659. The molecule has 1 aliphatic heterocycles. The van der Waals surface area contributed by atoms with Crippen molar-refractivity contribution in [3.63, 3.8) is 0 Å². The van der Waals surface area contributed by atoms with Crippen LogP contribution in [0.4, 0.5) is 0 Å². The number of rotatable bonds is 9. The van der Waals surface area contributed by atoms with E-state index in [0.29, 0.717) is 24.4 Å². The van der Waals surface area contributed by atoms with Crippen molar-refractivity contribution in [3.05, 3.63) is 0 Å². The van der Waals surface area contributed by atoms with Crippen molar-refractivity contribution in [1.29, 1.82) is 0 Å². The van der Waals surface area contributed by atoms with Crippen LogP contribution < -0.4 is 5.32 Å². The van der Waals surface area contributed by atoms with Crippen LogP contribution in [0, 0.1) is 5.92 Å². The van der Waals surface area contributed by atoms with Crippen molar-refractivity contribution in [2.24, 2.45) is 5.92 Å². The predicted octanol–water partition coefficient (Wildman–Crippen LogP) is 2.18. The smallest absolute Gasteiger partial charge is 0.219 e. The first-order valence-electron chi connectivity index (χ1n) is 8.35. The summed E-state index contributed by atoms with van der Waals surface area (Å²) < 4.78 is 5.36. The summed E-state index contributed by atoms with van der Waals surface area (Å²) in [4.78, 5) is 14.1. The fourth-order valence-corrected chi connectivity index (χ4v) is 3.65. The van der Waals surface area contributed by atoms with E-state index >= 15 is 0 Å². The van der Waals surface area contributed by atoms with E-state index in [1.807, 2.05) is 6.92 Å². The Labute approximate surface area is 123 Å². The molecule has 4 heteroatoms. The summed E-state index contributed by atoms with van der Waals surface area (Å²) in [6.45, 7) is 8.13. The van der Waals surface area contributed by atoms with E-state index in [1.54, 1.807) is 0 Å². The Balaban J connectivity index is 1.59. The van der Waals surface area contributed by atoms with Crippen molar-refractivity contribution in [2.45, 2.75) is 64.5 Å². The van der Waals surface area contributed by atoms with Gasteiger partial charge >= 0.3 is 0 Å². The maximum atomic E-state index is 11.5. The summed E-state index contributed by atoms with van der Waals surface area (Å²) in [5, 5.41) is 3.19. The lowest BCUT2D eigenvalue weighted by Gasteiger charge is -2.31. The number of carbonyl (C=O) groups excluding carboxylic acids is 1. The molecule has 2 fully saturated rings. The van der Waals surface area contributed by atoms with Gasteiger partial charge < -0.3 is 10.1 Å². The van der Waals surface area contributed by atoms with E-state index in [1.165, 1.54) is 38.8 Å². The van der Waals surface area contributed by atoms with Crippen LogP contribution in [0.1, 0.15) is 52.4 Å². The molecule has 3 unspecified atom stereocenters. The lowest BCUT2D eigenvalue weighted by Crippen LogP contribution is -2.45. The first-order chi connectivity index (χ1) is 9.74. The van der Waals surface area contributed by atoms with E-state index in [4.69, 9.17) is 4.74 Å². The summed E-state index contributed by atoms with van der Waals surface area (Å²) in [5.41, 5.74) is 0. The molecule has 2 rings (SSSR count). The van der Waals surface area contributed by atoms with Gasteiger partial charge in [-0.2, -0.15) is 0 Å². The van der Waals surface area contributed by atoms with E-state index in [-0.39, 0.29) is 5.91 Å². The van der Waals surface area contributed by atoms with Gasteiger partial charge in [0.15, 0.2) is 0 Å². The third-order valence-electron chi connectivity index (χ3n) is 4.76. The maximum Gasteiger partial charge on any atom is 0.219 e. The van der Waals surface area contributed by atoms with Gasteiger partial charge in [0.05, 0.1) is 0 Å². The van der Waals surface area contributed by atoms with Crippen LogP contribution in [0.15, 0.2) is 0 Å². The average Bonchev–Trinajstić information content (AvgIpc) is 3.02. The van der Waals surface area contributed by atoms with Gasteiger partial charge in [0.25, 0.3) is 0 Å². The summed E-state index contributed by atoms with van der Waals surface area (Å²) >= 11 is 0. The van der Waals surface area contributed by atoms with E-state index in [0.717, 1.165) is 19.6 Å². The summed E-state index contributed by atoms with van der Waals surface area (Å²) in [6, 6.07) is 1.16. The number of likely N-dealkylation sites (tertiary alicyclic amines) is 1. The SMILES string of the molecule is CCOCCCCCN1CC2CC1CC2NC(=O)CC. The van der Waals surface area contributed by atoms with Gasteiger partial charge in [0, 0.05) is 38.3 Å². The Kier molecular flexibility index (Phi) is 6.30. The minimum atomic E-state index is 0.213. The summed E-state index contributed by atoms with van der Waals surface area (Å²) in [6.07, 6.45) is 6.79. The van der Waals surface area contributed by atoms with Gasteiger partial charge in [-0.1, -0.05) is 6.92 Å². The highest BCUT2D eigenvalue weighted by Crippen LogP contribution is 2.37. The number of amides is 1. The molecule has 0 radical (unpaired) electrons. The Morgan fingerprint density at radius 3 is 2.75 bits per heavy atom. The molecular weight excluding hydrogens is 252 g/mol. The molecule has 1 amide bonds. The standard InChI is InChI=1S/C16H30N2O2/c1-3-16(19)17-15-11-14-10-13(15)12-18(14)8-6-5-7-9-20-4-2/h13-15H,3-12H2,1-2H3,(H,17,19). The van der Waals surface area contributed by atoms with Gasteiger partial charge in [-0.05, 0) is 51.5 Å². The molecule has 2 aliphatic rings.